The highest BCUT2D eigenvalue weighted by molar-refractivity contribution is 5.75. The number of amides is 2. The van der Waals surface area contributed by atoms with Crippen LogP contribution < -0.4 is 5.32 Å². The third-order valence-electron chi connectivity index (χ3n) is 10.5. The van der Waals surface area contributed by atoms with Crippen LogP contribution in [0, 0.1) is 0 Å². The van der Waals surface area contributed by atoms with E-state index in [1.807, 2.05) is 44.3 Å². The first-order chi connectivity index (χ1) is 20.5. The van der Waals surface area contributed by atoms with Crippen LogP contribution in [0.4, 0.5) is 18.0 Å². The fourth-order valence-corrected chi connectivity index (χ4v) is 7.48. The molecule has 2 aromatic rings. The smallest absolute Gasteiger partial charge is 0.318 e. The number of carbonyl (C=O) groups is 1. The number of hydrogen-bond donors (Lipinski definition) is 1. The minimum Gasteiger partial charge on any atom is -0.339 e. The molecule has 4 aliphatic rings. The molecule has 2 amide bonds. The molecule has 0 spiro atoms. The molecule has 8 nitrogen and oxygen atoms in total. The molecule has 2 unspecified atom stereocenters. The third kappa shape index (κ3) is 6.03. The van der Waals surface area contributed by atoms with Crippen LogP contribution in [0.25, 0.3) is 0 Å². The van der Waals surface area contributed by atoms with E-state index in [0.29, 0.717) is 56.4 Å². The zero-order valence-electron chi connectivity index (χ0n) is 25.7. The Labute approximate surface area is 252 Å². The van der Waals surface area contributed by atoms with Crippen LogP contribution in [0.2, 0.25) is 0 Å². The number of aromatic nitrogens is 2. The van der Waals surface area contributed by atoms with Gasteiger partial charge < -0.3 is 14.7 Å². The SMILES string of the molecule is CC(C)N1CC[C@@H](N(C)[C@H]2CCCC(F)(F)[C@@H]2NC(=O)N2CCC(C)(c3noc([C@@H]4C[C@@H]4F)n3)CC2c2ccccc2)C1. The Hall–Kier alpha value is -2.66. The summed E-state index contributed by atoms with van der Waals surface area (Å²) in [6, 6.07) is 7.69. The van der Waals surface area contributed by atoms with Gasteiger partial charge in [0, 0.05) is 49.6 Å². The fraction of sp³-hybridized carbons (Fsp3) is 0.719. The van der Waals surface area contributed by atoms with Crippen LogP contribution in [-0.4, -0.2) is 93.8 Å². The number of urea groups is 1. The molecule has 1 aromatic heterocycles. The standard InChI is InChI=1S/C32H45F3N6O2/c1-20(2)40-15-12-22(19-40)39(4)25-11-8-13-32(34,35)27(25)36-30(42)41-16-14-31(3,18-26(41)21-9-6-5-7-10-21)29-37-28(43-38-29)23-17-24(23)33/h5-7,9-10,20,22-27H,8,11-19H2,1-4H3,(H,36,42)/t22-,23-,24+,25+,26?,27-,31?/m1/s1. The van der Waals surface area contributed by atoms with Gasteiger partial charge in [0.25, 0.3) is 5.92 Å². The zero-order chi connectivity index (χ0) is 30.5. The first-order valence-electron chi connectivity index (χ1n) is 15.9. The molecule has 1 aromatic carbocycles. The topological polar surface area (TPSA) is 77.7 Å². The number of likely N-dealkylation sites (N-methyl/N-ethyl adjacent to an activating group) is 1. The monoisotopic (exact) mass is 602 g/mol. The van der Waals surface area contributed by atoms with Gasteiger partial charge in [-0.15, -0.1) is 0 Å². The molecule has 236 valence electrons. The van der Waals surface area contributed by atoms with Crippen molar-refractivity contribution in [1.82, 2.24) is 30.2 Å². The van der Waals surface area contributed by atoms with E-state index in [9.17, 15) is 9.18 Å². The van der Waals surface area contributed by atoms with E-state index < -0.39 is 35.6 Å². The Morgan fingerprint density at radius 1 is 1.16 bits per heavy atom. The molecule has 7 atom stereocenters. The largest absolute Gasteiger partial charge is 0.339 e. The number of rotatable bonds is 7. The van der Waals surface area contributed by atoms with E-state index in [0.717, 1.165) is 25.1 Å². The maximum atomic E-state index is 15.6. The van der Waals surface area contributed by atoms with Gasteiger partial charge in [-0.25, -0.2) is 18.0 Å². The van der Waals surface area contributed by atoms with Crippen molar-refractivity contribution in [2.75, 3.05) is 26.7 Å². The van der Waals surface area contributed by atoms with Crippen molar-refractivity contribution in [2.24, 2.45) is 0 Å². The van der Waals surface area contributed by atoms with E-state index in [1.165, 1.54) is 0 Å². The van der Waals surface area contributed by atoms with Crippen molar-refractivity contribution in [1.29, 1.82) is 0 Å². The molecule has 2 aliphatic heterocycles. The van der Waals surface area contributed by atoms with Gasteiger partial charge in [-0.3, -0.25) is 9.80 Å². The maximum absolute atomic E-state index is 15.6. The lowest BCUT2D eigenvalue weighted by Crippen LogP contribution is -2.65. The summed E-state index contributed by atoms with van der Waals surface area (Å²) < 4.78 is 50.4. The van der Waals surface area contributed by atoms with Crippen molar-refractivity contribution in [3.05, 3.63) is 47.6 Å². The molecular weight excluding hydrogens is 557 g/mol. The Bertz CT molecular complexity index is 1280. The lowest BCUT2D eigenvalue weighted by molar-refractivity contribution is -0.0938. The molecule has 2 aliphatic carbocycles. The van der Waals surface area contributed by atoms with Crippen molar-refractivity contribution in [2.45, 2.75) is 119 Å². The van der Waals surface area contributed by atoms with Crippen LogP contribution >= 0.6 is 0 Å². The van der Waals surface area contributed by atoms with Crippen LogP contribution in [0.3, 0.4) is 0 Å². The number of benzene rings is 1. The molecule has 4 fully saturated rings. The van der Waals surface area contributed by atoms with Crippen molar-refractivity contribution in [3.8, 4) is 0 Å². The third-order valence-corrected chi connectivity index (χ3v) is 10.5. The van der Waals surface area contributed by atoms with E-state index in [-0.39, 0.29) is 24.4 Å². The molecule has 6 rings (SSSR count). The summed E-state index contributed by atoms with van der Waals surface area (Å²) in [7, 11) is 1.95. The van der Waals surface area contributed by atoms with E-state index in [4.69, 9.17) is 4.52 Å². The summed E-state index contributed by atoms with van der Waals surface area (Å²) in [5.41, 5.74) is 0.393. The average Bonchev–Trinajstić information content (AvgIpc) is 3.35. The predicted molar refractivity (Wildman–Crippen MR) is 157 cm³/mol. The molecule has 3 heterocycles. The van der Waals surface area contributed by atoms with Gasteiger partial charge in [-0.05, 0) is 65.0 Å². The van der Waals surface area contributed by atoms with Gasteiger partial charge in [0.2, 0.25) is 5.89 Å². The summed E-state index contributed by atoms with van der Waals surface area (Å²) in [6.45, 7) is 8.51. The second kappa shape index (κ2) is 11.7. The molecule has 43 heavy (non-hydrogen) atoms. The highest BCUT2D eigenvalue weighted by Crippen LogP contribution is 2.46. The first-order valence-corrected chi connectivity index (χ1v) is 15.9. The first kappa shape index (κ1) is 30.4. The van der Waals surface area contributed by atoms with Crippen LogP contribution in [0.5, 0.6) is 0 Å². The number of piperidine rings is 1. The van der Waals surface area contributed by atoms with Gasteiger partial charge in [0.1, 0.15) is 12.2 Å². The minimum atomic E-state index is -3.01. The lowest BCUT2D eigenvalue weighted by atomic mass is 9.74. The van der Waals surface area contributed by atoms with Crippen LogP contribution in [0.15, 0.2) is 34.9 Å². The highest BCUT2D eigenvalue weighted by Gasteiger charge is 2.52. The molecule has 2 saturated carbocycles. The summed E-state index contributed by atoms with van der Waals surface area (Å²) in [4.78, 5) is 24.8. The van der Waals surface area contributed by atoms with E-state index in [1.54, 1.807) is 4.90 Å². The van der Waals surface area contributed by atoms with Gasteiger partial charge in [0.15, 0.2) is 5.82 Å². The predicted octanol–water partition coefficient (Wildman–Crippen LogP) is 5.67. The van der Waals surface area contributed by atoms with Crippen molar-refractivity contribution in [3.63, 3.8) is 0 Å². The number of hydrogen-bond acceptors (Lipinski definition) is 6. The van der Waals surface area contributed by atoms with Gasteiger partial charge in [-0.2, -0.15) is 4.98 Å². The summed E-state index contributed by atoms with van der Waals surface area (Å²) in [5, 5.41) is 7.08. The minimum absolute atomic E-state index is 0.177. The highest BCUT2D eigenvalue weighted by atomic mass is 19.3. The lowest BCUT2D eigenvalue weighted by Gasteiger charge is -2.47. The maximum Gasteiger partial charge on any atom is 0.318 e. The van der Waals surface area contributed by atoms with Crippen LogP contribution in [0.1, 0.15) is 95.0 Å². The second-order valence-corrected chi connectivity index (χ2v) is 13.8. The molecular formula is C32H45F3N6O2. The molecule has 0 radical (unpaired) electrons. The summed E-state index contributed by atoms with van der Waals surface area (Å²) >= 11 is 0. The second-order valence-electron chi connectivity index (χ2n) is 13.8. The Morgan fingerprint density at radius 3 is 2.58 bits per heavy atom. The van der Waals surface area contributed by atoms with E-state index in [2.05, 4.69) is 39.1 Å². The van der Waals surface area contributed by atoms with E-state index >= 15 is 8.78 Å². The molecule has 1 N–H and O–H groups in total. The van der Waals surface area contributed by atoms with Crippen molar-refractivity contribution >= 4 is 6.03 Å². The Balaban J connectivity index is 1.22. The van der Waals surface area contributed by atoms with Gasteiger partial charge in [0.05, 0.1) is 12.0 Å². The summed E-state index contributed by atoms with van der Waals surface area (Å²) in [6.07, 6.45) is 2.24. The normalized spacial score (nSPS) is 34.6. The number of alkyl halides is 3. The van der Waals surface area contributed by atoms with Gasteiger partial charge in [-0.1, -0.05) is 42.4 Å². The Morgan fingerprint density at radius 2 is 1.91 bits per heavy atom. The number of nitrogens with zero attached hydrogens (tertiary/aromatic N) is 5. The fourth-order valence-electron chi connectivity index (χ4n) is 7.48. The average molecular weight is 603 g/mol. The Kier molecular flexibility index (Phi) is 8.25. The van der Waals surface area contributed by atoms with Crippen molar-refractivity contribution < 1.29 is 22.5 Å². The molecule has 2 saturated heterocycles. The quantitative estimate of drug-likeness (QED) is 0.440. The number of nitrogens with one attached hydrogen (secondary N) is 1. The molecule has 11 heteroatoms. The number of halogens is 3. The molecule has 0 bridgehead atoms. The zero-order valence-corrected chi connectivity index (χ0v) is 25.7. The van der Waals surface area contributed by atoms with Crippen LogP contribution in [-0.2, 0) is 5.41 Å². The number of carbonyl (C=O) groups excluding carboxylic acids is 1. The number of likely N-dealkylation sites (tertiary alicyclic amines) is 2. The summed E-state index contributed by atoms with van der Waals surface area (Å²) in [5.74, 6) is -2.50. The van der Waals surface area contributed by atoms with Gasteiger partial charge >= 0.3 is 6.03 Å².